The highest BCUT2D eigenvalue weighted by molar-refractivity contribution is 7.13. The third-order valence-corrected chi connectivity index (χ3v) is 6.10. The highest BCUT2D eigenvalue weighted by Crippen LogP contribution is 2.32. The summed E-state index contributed by atoms with van der Waals surface area (Å²) < 4.78 is 17.3. The Morgan fingerprint density at radius 3 is 2.91 bits per heavy atom. The molecule has 168 valence electrons. The Labute approximate surface area is 192 Å². The minimum atomic E-state index is -0.134. The molecule has 1 saturated heterocycles. The van der Waals surface area contributed by atoms with Crippen LogP contribution in [0.4, 0.5) is 5.69 Å². The molecule has 3 aromatic rings. The molecule has 0 saturated carbocycles. The third kappa shape index (κ3) is 5.66. The fourth-order valence-electron chi connectivity index (χ4n) is 3.61. The van der Waals surface area contributed by atoms with Crippen molar-refractivity contribution >= 4 is 22.9 Å². The van der Waals surface area contributed by atoms with Gasteiger partial charge < -0.3 is 19.5 Å². The van der Waals surface area contributed by atoms with Crippen LogP contribution in [-0.4, -0.2) is 36.8 Å². The monoisotopic (exact) mass is 452 g/mol. The van der Waals surface area contributed by atoms with Crippen LogP contribution < -0.4 is 14.8 Å². The molecule has 1 amide bonds. The van der Waals surface area contributed by atoms with Crippen molar-refractivity contribution in [2.24, 2.45) is 0 Å². The second-order valence-corrected chi connectivity index (χ2v) is 8.60. The van der Waals surface area contributed by atoms with E-state index in [0.29, 0.717) is 24.7 Å². The Morgan fingerprint density at radius 1 is 1.22 bits per heavy atom. The number of amides is 1. The van der Waals surface area contributed by atoms with Crippen molar-refractivity contribution in [1.82, 2.24) is 4.98 Å². The molecular formula is C25H28N2O4S. The number of hydrogen-bond acceptors (Lipinski definition) is 6. The summed E-state index contributed by atoms with van der Waals surface area (Å²) in [6.45, 7) is 5.82. The van der Waals surface area contributed by atoms with Crippen molar-refractivity contribution in [3.8, 4) is 22.1 Å². The van der Waals surface area contributed by atoms with E-state index < -0.39 is 0 Å². The Kier molecular flexibility index (Phi) is 7.39. The summed E-state index contributed by atoms with van der Waals surface area (Å²) in [4.78, 5) is 17.4. The van der Waals surface area contributed by atoms with Crippen LogP contribution in [0.1, 0.15) is 31.0 Å². The van der Waals surface area contributed by atoms with Crippen molar-refractivity contribution in [2.45, 2.75) is 39.2 Å². The van der Waals surface area contributed by atoms with Crippen LogP contribution in [0.15, 0.2) is 47.8 Å². The number of carbonyl (C=O) groups excluding carboxylic acids is 1. The zero-order chi connectivity index (χ0) is 22.3. The molecule has 2 aromatic carbocycles. The number of anilines is 1. The first-order valence-corrected chi connectivity index (χ1v) is 11.8. The van der Waals surface area contributed by atoms with Gasteiger partial charge in [-0.2, -0.15) is 0 Å². The van der Waals surface area contributed by atoms with E-state index in [0.717, 1.165) is 47.0 Å². The summed E-state index contributed by atoms with van der Waals surface area (Å²) in [5, 5.41) is 5.74. The summed E-state index contributed by atoms with van der Waals surface area (Å²) in [5.41, 5.74) is 3.40. The molecule has 6 nitrogen and oxygen atoms in total. The van der Waals surface area contributed by atoms with E-state index >= 15 is 0 Å². The zero-order valence-corrected chi connectivity index (χ0v) is 19.2. The van der Waals surface area contributed by atoms with E-state index in [9.17, 15) is 4.79 Å². The lowest BCUT2D eigenvalue weighted by Gasteiger charge is -2.16. The van der Waals surface area contributed by atoms with Crippen molar-refractivity contribution in [1.29, 1.82) is 0 Å². The lowest BCUT2D eigenvalue weighted by molar-refractivity contribution is -0.115. The number of rotatable bonds is 9. The molecule has 1 aromatic heterocycles. The molecule has 1 atom stereocenters. The summed E-state index contributed by atoms with van der Waals surface area (Å²) >= 11 is 1.51. The number of para-hydroxylation sites is 1. The topological polar surface area (TPSA) is 69.7 Å². The van der Waals surface area contributed by atoms with Gasteiger partial charge >= 0.3 is 0 Å². The Bertz CT molecular complexity index is 1060. The molecule has 0 aliphatic carbocycles. The minimum Gasteiger partial charge on any atom is -0.493 e. The predicted molar refractivity (Wildman–Crippen MR) is 127 cm³/mol. The first-order chi connectivity index (χ1) is 15.6. The van der Waals surface area contributed by atoms with E-state index in [-0.39, 0.29) is 18.4 Å². The number of hydrogen-bond donors (Lipinski definition) is 1. The van der Waals surface area contributed by atoms with Crippen LogP contribution in [-0.2, 0) is 16.0 Å². The molecule has 1 N–H and O–H groups in total. The van der Waals surface area contributed by atoms with Gasteiger partial charge in [-0.25, -0.2) is 4.98 Å². The second-order valence-electron chi connectivity index (χ2n) is 7.74. The van der Waals surface area contributed by atoms with Crippen LogP contribution in [0.3, 0.4) is 0 Å². The number of benzene rings is 2. The molecule has 1 aliphatic rings. The number of carbonyl (C=O) groups is 1. The van der Waals surface area contributed by atoms with Gasteiger partial charge in [-0.05, 0) is 56.5 Å². The number of thiazole rings is 1. The minimum absolute atomic E-state index is 0.118. The lowest BCUT2D eigenvalue weighted by Crippen LogP contribution is -2.19. The van der Waals surface area contributed by atoms with Gasteiger partial charge in [0.1, 0.15) is 23.1 Å². The SMILES string of the molecule is CCOc1ccccc1-c1nc(CC(=O)Nc2ccc(C)cc2OCC2CCCO2)cs1. The summed E-state index contributed by atoms with van der Waals surface area (Å²) in [5.74, 6) is 1.33. The molecule has 1 aliphatic heterocycles. The first-order valence-electron chi connectivity index (χ1n) is 10.9. The summed E-state index contributed by atoms with van der Waals surface area (Å²) in [6, 6.07) is 13.6. The van der Waals surface area contributed by atoms with Crippen LogP contribution in [0, 0.1) is 6.92 Å². The maximum atomic E-state index is 12.7. The van der Waals surface area contributed by atoms with E-state index in [4.69, 9.17) is 14.2 Å². The molecule has 2 heterocycles. The van der Waals surface area contributed by atoms with Gasteiger partial charge in [-0.3, -0.25) is 4.79 Å². The molecule has 1 fully saturated rings. The average molecular weight is 453 g/mol. The van der Waals surface area contributed by atoms with Crippen molar-refractivity contribution < 1.29 is 19.0 Å². The van der Waals surface area contributed by atoms with Gasteiger partial charge in [0.2, 0.25) is 5.91 Å². The van der Waals surface area contributed by atoms with E-state index in [1.165, 1.54) is 11.3 Å². The van der Waals surface area contributed by atoms with E-state index in [1.807, 2.05) is 61.7 Å². The van der Waals surface area contributed by atoms with Crippen LogP contribution >= 0.6 is 11.3 Å². The maximum Gasteiger partial charge on any atom is 0.230 e. The highest BCUT2D eigenvalue weighted by atomic mass is 32.1. The summed E-state index contributed by atoms with van der Waals surface area (Å²) in [6.07, 6.45) is 2.38. The van der Waals surface area contributed by atoms with Crippen molar-refractivity contribution in [2.75, 3.05) is 25.1 Å². The van der Waals surface area contributed by atoms with Crippen molar-refractivity contribution in [3.63, 3.8) is 0 Å². The summed E-state index contributed by atoms with van der Waals surface area (Å²) in [7, 11) is 0. The predicted octanol–water partition coefficient (Wildman–Crippen LogP) is 5.26. The standard InChI is InChI=1S/C25H28N2O4S/c1-3-29-22-9-5-4-8-20(22)25-26-18(16-32-25)14-24(28)27-21-11-10-17(2)13-23(21)31-15-19-7-6-12-30-19/h4-5,8-11,13,16,19H,3,6-7,12,14-15H2,1-2H3,(H,27,28). The Balaban J connectivity index is 1.41. The largest absolute Gasteiger partial charge is 0.493 e. The molecule has 0 bridgehead atoms. The molecule has 1 unspecified atom stereocenters. The number of aromatic nitrogens is 1. The Hall–Kier alpha value is -2.90. The second kappa shape index (κ2) is 10.6. The van der Waals surface area contributed by atoms with Crippen LogP contribution in [0.25, 0.3) is 10.6 Å². The smallest absolute Gasteiger partial charge is 0.230 e. The third-order valence-electron chi connectivity index (χ3n) is 5.17. The quantitative estimate of drug-likeness (QED) is 0.480. The average Bonchev–Trinajstić information content (AvgIpc) is 3.47. The van der Waals surface area contributed by atoms with Gasteiger partial charge in [0.25, 0.3) is 0 Å². The number of nitrogens with zero attached hydrogens (tertiary/aromatic N) is 1. The van der Waals surface area contributed by atoms with Gasteiger partial charge in [-0.1, -0.05) is 18.2 Å². The van der Waals surface area contributed by atoms with Crippen LogP contribution in [0.2, 0.25) is 0 Å². The molecule has 0 spiro atoms. The Morgan fingerprint density at radius 2 is 2.09 bits per heavy atom. The molecule has 32 heavy (non-hydrogen) atoms. The van der Waals surface area contributed by atoms with Gasteiger partial charge in [0.05, 0.1) is 36.1 Å². The van der Waals surface area contributed by atoms with Crippen LogP contribution in [0.5, 0.6) is 11.5 Å². The zero-order valence-electron chi connectivity index (χ0n) is 18.4. The lowest BCUT2D eigenvalue weighted by atomic mass is 10.2. The van der Waals surface area contributed by atoms with E-state index in [1.54, 1.807) is 0 Å². The fraction of sp³-hybridized carbons (Fsp3) is 0.360. The first kappa shape index (κ1) is 22.3. The number of aryl methyl sites for hydroxylation is 1. The number of nitrogens with one attached hydrogen (secondary N) is 1. The van der Waals surface area contributed by atoms with Gasteiger partial charge in [0, 0.05) is 12.0 Å². The maximum absolute atomic E-state index is 12.7. The van der Waals surface area contributed by atoms with Crippen molar-refractivity contribution in [3.05, 3.63) is 59.1 Å². The van der Waals surface area contributed by atoms with E-state index in [2.05, 4.69) is 10.3 Å². The van der Waals surface area contributed by atoms with Gasteiger partial charge in [-0.15, -0.1) is 11.3 Å². The highest BCUT2D eigenvalue weighted by Gasteiger charge is 2.18. The molecule has 7 heteroatoms. The molecule has 0 radical (unpaired) electrons. The molecule has 4 rings (SSSR count). The molecular weight excluding hydrogens is 424 g/mol. The normalized spacial score (nSPS) is 15.5. The van der Waals surface area contributed by atoms with Gasteiger partial charge in [0.15, 0.2) is 0 Å². The fourth-order valence-corrected chi connectivity index (χ4v) is 4.46. The number of ether oxygens (including phenoxy) is 3.